The molecule has 0 radical (unpaired) electrons. The molecule has 0 saturated carbocycles. The summed E-state index contributed by atoms with van der Waals surface area (Å²) >= 11 is 2.45. The van der Waals surface area contributed by atoms with Crippen LogP contribution >= 0.6 is 22.6 Å². The molecule has 0 heterocycles. The van der Waals surface area contributed by atoms with Crippen molar-refractivity contribution in [2.24, 2.45) is 5.92 Å². The van der Waals surface area contributed by atoms with Crippen molar-refractivity contribution in [3.63, 3.8) is 0 Å². The molecular weight excluding hydrogens is 263 g/mol. The van der Waals surface area contributed by atoms with Crippen LogP contribution in [0.4, 0.5) is 0 Å². The van der Waals surface area contributed by atoms with E-state index in [0.717, 1.165) is 12.3 Å². The molecule has 0 aromatic heterocycles. The zero-order valence-electron chi connectivity index (χ0n) is 8.06. The Bertz CT molecular complexity index is 85.9. The molecule has 0 amide bonds. The summed E-state index contributed by atoms with van der Waals surface area (Å²) in [5, 5.41) is 8.55. The van der Waals surface area contributed by atoms with Crippen molar-refractivity contribution < 1.29 is 5.11 Å². The lowest BCUT2D eigenvalue weighted by Gasteiger charge is -2.06. The highest BCUT2D eigenvalue weighted by atomic mass is 127. The topological polar surface area (TPSA) is 20.2 Å². The van der Waals surface area contributed by atoms with Gasteiger partial charge >= 0.3 is 0 Å². The Morgan fingerprint density at radius 1 is 1.08 bits per heavy atom. The summed E-state index contributed by atoms with van der Waals surface area (Å²) in [6, 6.07) is 0. The summed E-state index contributed by atoms with van der Waals surface area (Å²) in [4.78, 5) is 0. The van der Waals surface area contributed by atoms with Crippen LogP contribution in [0.1, 0.15) is 45.4 Å². The largest absolute Gasteiger partial charge is 0.396 e. The summed E-state index contributed by atoms with van der Waals surface area (Å²) in [5.41, 5.74) is 0. The van der Waals surface area contributed by atoms with Gasteiger partial charge in [-0.1, -0.05) is 55.2 Å². The van der Waals surface area contributed by atoms with Gasteiger partial charge in [-0.15, -0.1) is 0 Å². The predicted octanol–water partition coefficient (Wildman–Crippen LogP) is 3.39. The van der Waals surface area contributed by atoms with E-state index in [4.69, 9.17) is 5.11 Å². The molecule has 0 saturated heterocycles. The molecular formula is C10H21IO. The van der Waals surface area contributed by atoms with Crippen molar-refractivity contribution in [3.8, 4) is 0 Å². The molecule has 0 aromatic rings. The zero-order valence-corrected chi connectivity index (χ0v) is 10.2. The van der Waals surface area contributed by atoms with Gasteiger partial charge in [-0.2, -0.15) is 0 Å². The minimum Gasteiger partial charge on any atom is -0.396 e. The van der Waals surface area contributed by atoms with E-state index in [2.05, 4.69) is 29.5 Å². The first-order valence-corrected chi connectivity index (χ1v) is 6.50. The van der Waals surface area contributed by atoms with Gasteiger partial charge in [0.25, 0.3) is 0 Å². The van der Waals surface area contributed by atoms with Crippen molar-refractivity contribution in [2.75, 3.05) is 11.0 Å². The van der Waals surface area contributed by atoms with Crippen LogP contribution in [-0.4, -0.2) is 16.1 Å². The van der Waals surface area contributed by atoms with Gasteiger partial charge in [0.05, 0.1) is 0 Å². The molecule has 1 nitrogen and oxygen atoms in total. The molecule has 0 unspecified atom stereocenters. The van der Waals surface area contributed by atoms with Gasteiger partial charge in [-0.25, -0.2) is 0 Å². The lowest BCUT2D eigenvalue weighted by atomic mass is 10.0. The first-order chi connectivity index (χ1) is 5.81. The fourth-order valence-electron chi connectivity index (χ4n) is 1.21. The van der Waals surface area contributed by atoms with Crippen LogP contribution in [0.15, 0.2) is 0 Å². The summed E-state index contributed by atoms with van der Waals surface area (Å²) < 4.78 is 1.29. The fourth-order valence-corrected chi connectivity index (χ4v) is 1.65. The average molecular weight is 284 g/mol. The van der Waals surface area contributed by atoms with Crippen LogP contribution in [0.25, 0.3) is 0 Å². The highest BCUT2D eigenvalue weighted by Crippen LogP contribution is 2.12. The van der Waals surface area contributed by atoms with E-state index in [0.29, 0.717) is 6.61 Å². The monoisotopic (exact) mass is 284 g/mol. The Labute approximate surface area is 90.1 Å². The minimum absolute atomic E-state index is 0.365. The summed E-state index contributed by atoms with van der Waals surface area (Å²) in [5.74, 6) is 0.892. The Hall–Kier alpha value is 0.690. The average Bonchev–Trinajstić information content (AvgIpc) is 2.10. The molecule has 0 spiro atoms. The van der Waals surface area contributed by atoms with Gasteiger partial charge in [-0.05, 0) is 18.8 Å². The number of halogens is 1. The van der Waals surface area contributed by atoms with E-state index in [1.54, 1.807) is 0 Å². The summed E-state index contributed by atoms with van der Waals surface area (Å²) in [6.07, 6.45) is 7.59. The van der Waals surface area contributed by atoms with Crippen molar-refractivity contribution in [3.05, 3.63) is 0 Å². The lowest BCUT2D eigenvalue weighted by molar-refractivity contribution is 0.282. The fraction of sp³-hybridized carbons (Fsp3) is 1.00. The molecule has 0 bridgehead atoms. The van der Waals surface area contributed by atoms with E-state index in [9.17, 15) is 0 Å². The maximum absolute atomic E-state index is 8.55. The molecule has 0 aliphatic carbocycles. The third-order valence-electron chi connectivity index (χ3n) is 2.12. The number of unbranched alkanes of at least 4 members (excludes halogenated alkanes) is 4. The predicted molar refractivity (Wildman–Crippen MR) is 62.8 cm³/mol. The third-order valence-corrected chi connectivity index (χ3v) is 3.62. The van der Waals surface area contributed by atoms with E-state index in [1.165, 1.54) is 36.5 Å². The number of hydrogen-bond acceptors (Lipinski definition) is 1. The third kappa shape index (κ3) is 8.78. The second kappa shape index (κ2) is 9.78. The molecule has 1 N–H and O–H groups in total. The van der Waals surface area contributed by atoms with Crippen LogP contribution in [0.2, 0.25) is 0 Å². The van der Waals surface area contributed by atoms with Gasteiger partial charge in [-0.3, -0.25) is 0 Å². The lowest BCUT2D eigenvalue weighted by Crippen LogP contribution is -1.94. The van der Waals surface area contributed by atoms with Crippen LogP contribution in [0.3, 0.4) is 0 Å². The highest BCUT2D eigenvalue weighted by molar-refractivity contribution is 14.1. The van der Waals surface area contributed by atoms with Gasteiger partial charge < -0.3 is 5.11 Å². The van der Waals surface area contributed by atoms with Crippen molar-refractivity contribution >= 4 is 22.6 Å². The molecule has 2 heteroatoms. The van der Waals surface area contributed by atoms with Crippen LogP contribution in [0, 0.1) is 5.92 Å². The summed E-state index contributed by atoms with van der Waals surface area (Å²) in [7, 11) is 0. The van der Waals surface area contributed by atoms with Gasteiger partial charge in [0, 0.05) is 11.0 Å². The number of rotatable bonds is 8. The van der Waals surface area contributed by atoms with Gasteiger partial charge in [0.1, 0.15) is 0 Å². The molecule has 0 aliphatic rings. The Morgan fingerprint density at radius 3 is 2.25 bits per heavy atom. The maximum atomic E-state index is 8.55. The Balaban J connectivity index is 2.90. The quantitative estimate of drug-likeness (QED) is 0.411. The Kier molecular flexibility index (Phi) is 10.3. The van der Waals surface area contributed by atoms with E-state index in [-0.39, 0.29) is 0 Å². The molecule has 12 heavy (non-hydrogen) atoms. The molecule has 0 aliphatic heterocycles. The maximum Gasteiger partial charge on any atom is 0.0431 e. The Morgan fingerprint density at radius 2 is 1.67 bits per heavy atom. The zero-order chi connectivity index (χ0) is 9.23. The standard InChI is InChI=1S/C10H21IO/c1-10(9-11)7-5-3-2-4-6-8-12/h10,12H,2-9H2,1H3/t10-/m0/s1. The van der Waals surface area contributed by atoms with E-state index >= 15 is 0 Å². The first kappa shape index (κ1) is 12.7. The number of aliphatic hydroxyl groups is 1. The van der Waals surface area contributed by atoms with E-state index in [1.807, 2.05) is 0 Å². The molecule has 1 atom stereocenters. The smallest absolute Gasteiger partial charge is 0.0431 e. The summed E-state index contributed by atoms with van der Waals surface area (Å²) in [6.45, 7) is 2.68. The normalized spacial score (nSPS) is 13.2. The molecule has 0 aromatic carbocycles. The second-order valence-electron chi connectivity index (χ2n) is 3.54. The number of alkyl halides is 1. The SMILES string of the molecule is C[C@H](CI)CCCCCCCO. The second-order valence-corrected chi connectivity index (χ2v) is 4.42. The molecule has 0 rings (SSSR count). The first-order valence-electron chi connectivity index (χ1n) is 4.98. The van der Waals surface area contributed by atoms with E-state index < -0.39 is 0 Å². The van der Waals surface area contributed by atoms with Gasteiger partial charge in [0.2, 0.25) is 0 Å². The van der Waals surface area contributed by atoms with Gasteiger partial charge in [0.15, 0.2) is 0 Å². The molecule has 0 fully saturated rings. The van der Waals surface area contributed by atoms with Crippen LogP contribution in [0.5, 0.6) is 0 Å². The number of hydrogen-bond donors (Lipinski definition) is 1. The number of aliphatic hydroxyl groups excluding tert-OH is 1. The van der Waals surface area contributed by atoms with Crippen LogP contribution < -0.4 is 0 Å². The van der Waals surface area contributed by atoms with Crippen molar-refractivity contribution in [1.82, 2.24) is 0 Å². The molecule has 74 valence electrons. The minimum atomic E-state index is 0.365. The van der Waals surface area contributed by atoms with Crippen molar-refractivity contribution in [1.29, 1.82) is 0 Å². The van der Waals surface area contributed by atoms with Crippen molar-refractivity contribution in [2.45, 2.75) is 45.4 Å². The van der Waals surface area contributed by atoms with Crippen LogP contribution in [-0.2, 0) is 0 Å². The highest BCUT2D eigenvalue weighted by Gasteiger charge is 1.98.